The Bertz CT molecular complexity index is 370. The van der Waals surface area contributed by atoms with Gasteiger partial charge in [-0.3, -0.25) is 4.79 Å². The Hall–Kier alpha value is -1.45. The Morgan fingerprint density at radius 3 is 2.63 bits per heavy atom. The Morgan fingerprint density at radius 1 is 1.53 bits per heavy atom. The van der Waals surface area contributed by atoms with Crippen molar-refractivity contribution in [2.75, 3.05) is 13.1 Å². The van der Waals surface area contributed by atoms with Crippen LogP contribution in [0.3, 0.4) is 0 Å². The Labute approximate surface area is 115 Å². The molecule has 1 N–H and O–H groups in total. The van der Waals surface area contributed by atoms with Crippen LogP contribution in [0.2, 0.25) is 0 Å². The molecule has 0 aromatic heterocycles. The number of ether oxygens (including phenoxy) is 1. The van der Waals surface area contributed by atoms with Crippen LogP contribution in [0.1, 0.15) is 40.0 Å². The van der Waals surface area contributed by atoms with Crippen molar-refractivity contribution in [1.29, 1.82) is 0 Å². The van der Waals surface area contributed by atoms with Crippen molar-refractivity contribution in [3.8, 4) is 0 Å². The van der Waals surface area contributed by atoms with Gasteiger partial charge in [-0.25, -0.2) is 0 Å². The van der Waals surface area contributed by atoms with Crippen molar-refractivity contribution in [2.24, 2.45) is 5.41 Å². The molecular formula is C15H25NO3. The maximum atomic E-state index is 11.6. The number of nitrogens with zero attached hydrogens (tertiary/aromatic N) is 1. The molecule has 1 aliphatic rings. The molecule has 4 heteroatoms. The van der Waals surface area contributed by atoms with Gasteiger partial charge in [0, 0.05) is 13.1 Å². The Morgan fingerprint density at radius 2 is 2.16 bits per heavy atom. The molecule has 19 heavy (non-hydrogen) atoms. The van der Waals surface area contributed by atoms with E-state index in [1.54, 1.807) is 6.08 Å². The van der Waals surface area contributed by atoms with Crippen LogP contribution in [0.25, 0.3) is 0 Å². The summed E-state index contributed by atoms with van der Waals surface area (Å²) in [6.45, 7) is 14.7. The minimum atomic E-state index is -0.763. The van der Waals surface area contributed by atoms with Gasteiger partial charge in [-0.05, 0) is 46.6 Å². The van der Waals surface area contributed by atoms with E-state index < -0.39 is 11.4 Å². The fourth-order valence-corrected chi connectivity index (χ4v) is 2.47. The van der Waals surface area contributed by atoms with Crippen LogP contribution < -0.4 is 0 Å². The summed E-state index contributed by atoms with van der Waals surface area (Å²) in [6, 6.07) is 0. The van der Waals surface area contributed by atoms with Crippen molar-refractivity contribution in [3.63, 3.8) is 0 Å². The molecule has 108 valence electrons. The first kappa shape index (κ1) is 15.6. The van der Waals surface area contributed by atoms with Crippen LogP contribution >= 0.6 is 0 Å². The first-order valence-corrected chi connectivity index (χ1v) is 6.67. The highest BCUT2D eigenvalue weighted by Gasteiger charge is 2.42. The molecule has 0 spiro atoms. The summed E-state index contributed by atoms with van der Waals surface area (Å²) in [5.74, 6) is -0.206. The molecular weight excluding hydrogens is 242 g/mol. The lowest BCUT2D eigenvalue weighted by molar-refractivity contribution is -0.153. The van der Waals surface area contributed by atoms with E-state index in [-0.39, 0.29) is 5.60 Å². The summed E-state index contributed by atoms with van der Waals surface area (Å²) in [7, 11) is 0. The average Bonchev–Trinajstić information content (AvgIpc) is 2.27. The smallest absolute Gasteiger partial charge is 0.311 e. The summed E-state index contributed by atoms with van der Waals surface area (Å²) in [6.07, 6.45) is 3.66. The van der Waals surface area contributed by atoms with E-state index in [9.17, 15) is 9.90 Å². The van der Waals surface area contributed by atoms with E-state index in [4.69, 9.17) is 4.74 Å². The second-order valence-electron chi connectivity index (χ2n) is 6.21. The molecule has 4 nitrogen and oxygen atoms in total. The second kappa shape index (κ2) is 5.68. The van der Waals surface area contributed by atoms with Crippen LogP contribution in [0.4, 0.5) is 0 Å². The molecule has 1 aliphatic heterocycles. The minimum Gasteiger partial charge on any atom is -0.481 e. The molecule has 0 bridgehead atoms. The Balaban J connectivity index is 2.80. The largest absolute Gasteiger partial charge is 0.481 e. The molecule has 1 fully saturated rings. The second-order valence-corrected chi connectivity index (χ2v) is 6.21. The quantitative estimate of drug-likeness (QED) is 0.614. The highest BCUT2D eigenvalue weighted by Crippen LogP contribution is 2.36. The maximum Gasteiger partial charge on any atom is 0.311 e. The normalized spacial score (nSPS) is 23.8. The number of carboxylic acids is 1. The first-order valence-electron chi connectivity index (χ1n) is 6.67. The first-order chi connectivity index (χ1) is 8.70. The molecule has 0 aliphatic carbocycles. The fourth-order valence-electron chi connectivity index (χ4n) is 2.47. The Kier molecular flexibility index (Phi) is 4.66. The minimum absolute atomic E-state index is 0.321. The zero-order valence-corrected chi connectivity index (χ0v) is 12.2. The monoisotopic (exact) mass is 267 g/mol. The molecule has 1 rings (SSSR count). The van der Waals surface area contributed by atoms with Crippen LogP contribution in [0, 0.1) is 5.41 Å². The van der Waals surface area contributed by atoms with E-state index in [1.807, 2.05) is 25.7 Å². The molecule has 0 amide bonds. The van der Waals surface area contributed by atoms with Gasteiger partial charge in [0.1, 0.15) is 5.60 Å². The van der Waals surface area contributed by atoms with Gasteiger partial charge >= 0.3 is 5.97 Å². The fraction of sp³-hybridized carbons (Fsp3) is 0.667. The van der Waals surface area contributed by atoms with Gasteiger partial charge in [0.15, 0.2) is 5.88 Å². The molecule has 0 radical (unpaired) electrons. The van der Waals surface area contributed by atoms with E-state index in [0.717, 1.165) is 13.0 Å². The van der Waals surface area contributed by atoms with Crippen molar-refractivity contribution in [3.05, 3.63) is 25.1 Å². The zero-order valence-electron chi connectivity index (χ0n) is 12.2. The third kappa shape index (κ3) is 4.01. The van der Waals surface area contributed by atoms with E-state index in [2.05, 4.69) is 13.2 Å². The van der Waals surface area contributed by atoms with E-state index >= 15 is 0 Å². The number of allylic oxidation sites excluding steroid dienone is 1. The van der Waals surface area contributed by atoms with E-state index in [0.29, 0.717) is 25.3 Å². The number of carbonyl (C=O) groups is 1. The van der Waals surface area contributed by atoms with Crippen LogP contribution in [-0.2, 0) is 9.53 Å². The molecule has 0 aromatic carbocycles. The third-order valence-electron chi connectivity index (χ3n) is 3.34. The van der Waals surface area contributed by atoms with Gasteiger partial charge in [0.05, 0.1) is 5.41 Å². The molecule has 1 atom stereocenters. The van der Waals surface area contributed by atoms with Crippen molar-refractivity contribution in [1.82, 2.24) is 4.90 Å². The highest BCUT2D eigenvalue weighted by atomic mass is 16.5. The number of hydrogen-bond donors (Lipinski definition) is 1. The predicted molar refractivity (Wildman–Crippen MR) is 75.7 cm³/mol. The predicted octanol–water partition coefficient (Wildman–Crippen LogP) is 3.02. The topological polar surface area (TPSA) is 49.8 Å². The van der Waals surface area contributed by atoms with E-state index in [1.165, 1.54) is 0 Å². The molecule has 0 saturated carbocycles. The number of rotatable bonds is 5. The van der Waals surface area contributed by atoms with Crippen LogP contribution in [0.5, 0.6) is 0 Å². The zero-order chi connectivity index (χ0) is 14.7. The van der Waals surface area contributed by atoms with Gasteiger partial charge in [0.25, 0.3) is 0 Å². The van der Waals surface area contributed by atoms with Gasteiger partial charge in [0.2, 0.25) is 0 Å². The van der Waals surface area contributed by atoms with Gasteiger partial charge < -0.3 is 14.7 Å². The summed E-state index contributed by atoms with van der Waals surface area (Å²) in [5, 5.41) is 9.51. The number of carboxylic acid groups (broad SMARTS) is 1. The van der Waals surface area contributed by atoms with Crippen molar-refractivity contribution >= 4 is 5.97 Å². The lowest BCUT2D eigenvalue weighted by Gasteiger charge is -2.42. The van der Waals surface area contributed by atoms with Crippen LogP contribution in [-0.4, -0.2) is 34.7 Å². The maximum absolute atomic E-state index is 11.6. The standard InChI is InChI=1S/C15H25NO3/c1-6-8-15(13(17)18)9-7-10-16(11-15)12(2)19-14(3,4)5/h6H,1-2,7-11H2,3-5H3,(H,17,18)/t15-/m0/s1. The molecule has 0 aromatic rings. The number of likely N-dealkylation sites (tertiary alicyclic amines) is 1. The van der Waals surface area contributed by atoms with Crippen molar-refractivity contribution in [2.45, 2.75) is 45.6 Å². The summed E-state index contributed by atoms with van der Waals surface area (Å²) < 4.78 is 5.74. The third-order valence-corrected chi connectivity index (χ3v) is 3.34. The van der Waals surface area contributed by atoms with Crippen molar-refractivity contribution < 1.29 is 14.6 Å². The molecule has 0 unspecified atom stereocenters. The molecule has 1 heterocycles. The lowest BCUT2D eigenvalue weighted by atomic mass is 9.77. The molecule has 1 saturated heterocycles. The van der Waals surface area contributed by atoms with Gasteiger partial charge in [-0.15, -0.1) is 6.58 Å². The van der Waals surface area contributed by atoms with Gasteiger partial charge in [-0.1, -0.05) is 6.08 Å². The van der Waals surface area contributed by atoms with Gasteiger partial charge in [-0.2, -0.15) is 0 Å². The number of hydrogen-bond acceptors (Lipinski definition) is 3. The average molecular weight is 267 g/mol. The summed E-state index contributed by atoms with van der Waals surface area (Å²) in [4.78, 5) is 13.5. The summed E-state index contributed by atoms with van der Waals surface area (Å²) >= 11 is 0. The number of aliphatic carboxylic acids is 1. The highest BCUT2D eigenvalue weighted by molar-refractivity contribution is 5.75. The summed E-state index contributed by atoms with van der Waals surface area (Å²) in [5.41, 5.74) is -1.08. The number of piperidine rings is 1. The van der Waals surface area contributed by atoms with Crippen LogP contribution in [0.15, 0.2) is 25.1 Å². The lowest BCUT2D eigenvalue weighted by Crippen LogP contribution is -2.48. The SMILES string of the molecule is C=CC[C@]1(C(=O)O)CCCN(C(=C)OC(C)(C)C)C1.